The second-order valence-corrected chi connectivity index (χ2v) is 20.8. The van der Waals surface area contributed by atoms with Crippen molar-refractivity contribution in [2.24, 2.45) is 0 Å². The Morgan fingerprint density at radius 1 is 1.00 bits per heavy atom. The number of hydrogen-bond acceptors (Lipinski definition) is 3. The third-order valence-corrected chi connectivity index (χ3v) is 2.52. The molecule has 1 aromatic carbocycles. The topological polar surface area (TPSA) is 19.4 Å². The van der Waals surface area contributed by atoms with Gasteiger partial charge < -0.3 is 9.80 Å². The van der Waals surface area contributed by atoms with E-state index in [1.807, 2.05) is 53.5 Å². The molecule has 6 heteroatoms. The van der Waals surface area contributed by atoms with Crippen LogP contribution in [0, 0.1) is 6.67 Å². The van der Waals surface area contributed by atoms with Crippen molar-refractivity contribution in [2.45, 2.75) is 6.54 Å². The smallest absolute Gasteiger partial charge is 0.0267 e. The molecule has 2 aromatic rings. The Labute approximate surface area is 162 Å². The molecule has 0 atom stereocenters. The minimum atomic E-state index is 0.523. The van der Waals surface area contributed by atoms with Crippen LogP contribution in [0.1, 0.15) is 5.56 Å². The fraction of sp³-hybridized carbons (Fsp3) is 0.125. The van der Waals surface area contributed by atoms with Crippen LogP contribution in [0.2, 0.25) is 0 Å². The summed E-state index contributed by atoms with van der Waals surface area (Å²) in [6, 6.07) is 16.1. The number of pyridine rings is 1. The molecule has 2 heterocycles. The van der Waals surface area contributed by atoms with Crippen LogP contribution in [0.15, 0.2) is 73.3 Å². The van der Waals surface area contributed by atoms with Gasteiger partial charge in [0.1, 0.15) is 0 Å². The van der Waals surface area contributed by atoms with E-state index in [4.69, 9.17) is 0 Å². The molecule has 1 aliphatic rings. The first-order valence-electron chi connectivity index (χ1n) is 6.41. The van der Waals surface area contributed by atoms with E-state index in [1.165, 1.54) is 5.56 Å². The molecule has 0 N–H and O–H groups in total. The molecule has 0 spiro atoms. The molecule has 0 saturated heterocycles. The van der Waals surface area contributed by atoms with Gasteiger partial charge in [0.25, 0.3) is 0 Å². The van der Waals surface area contributed by atoms with E-state index < -0.39 is 0 Å². The Hall–Kier alpha value is -0.142. The molecule has 1 aliphatic heterocycles. The zero-order valence-electron chi connectivity index (χ0n) is 12.0. The minimum absolute atomic E-state index is 0.523. The normalized spacial score (nSPS) is 12.3. The molecular formula is C16H17I2N3Pt. The number of aromatic nitrogens is 1. The van der Waals surface area contributed by atoms with Crippen molar-refractivity contribution in [1.82, 2.24) is 14.8 Å². The summed E-state index contributed by atoms with van der Waals surface area (Å²) in [4.78, 5) is 7.74. The maximum Gasteiger partial charge on any atom is 0.0267 e. The predicted molar refractivity (Wildman–Crippen MR) is 104 cm³/mol. The average Bonchev–Trinajstić information content (AvgIpc) is 2.96. The van der Waals surface area contributed by atoms with Crippen LogP contribution in [-0.4, -0.2) is 21.8 Å². The molecule has 120 valence electrons. The summed E-state index contributed by atoms with van der Waals surface area (Å²) in [5.74, 6) is 0. The van der Waals surface area contributed by atoms with E-state index in [9.17, 15) is 0 Å². The molecule has 0 fully saturated rings. The van der Waals surface area contributed by atoms with E-state index in [0.717, 1.165) is 6.54 Å². The van der Waals surface area contributed by atoms with Gasteiger partial charge in [-0.1, -0.05) is 36.4 Å². The number of nitrogens with zero attached hydrogens (tertiary/aromatic N) is 3. The Morgan fingerprint density at radius 3 is 2.00 bits per heavy atom. The molecule has 3 rings (SSSR count). The molecule has 0 unspecified atom stereocenters. The van der Waals surface area contributed by atoms with Crippen LogP contribution in [-0.2, 0) is 17.7 Å². The van der Waals surface area contributed by atoms with Gasteiger partial charge in [-0.3, -0.25) is 4.98 Å². The summed E-state index contributed by atoms with van der Waals surface area (Å²) in [5, 5.41) is 0. The van der Waals surface area contributed by atoms with Crippen molar-refractivity contribution in [3.63, 3.8) is 0 Å². The molecule has 0 amide bonds. The van der Waals surface area contributed by atoms with Crippen molar-refractivity contribution in [1.29, 1.82) is 0 Å². The van der Waals surface area contributed by atoms with Gasteiger partial charge >= 0.3 is 49.9 Å². The van der Waals surface area contributed by atoms with Crippen LogP contribution in [0.3, 0.4) is 0 Å². The number of benzene rings is 1. The van der Waals surface area contributed by atoms with Crippen LogP contribution in [0.4, 0.5) is 0 Å². The molecule has 0 aliphatic carbocycles. The third kappa shape index (κ3) is 9.79. The van der Waals surface area contributed by atoms with Gasteiger partial charge in [-0.15, -0.1) is 0 Å². The largest absolute Gasteiger partial charge is 0.265 e. The van der Waals surface area contributed by atoms with Gasteiger partial charge in [-0.2, -0.15) is 0 Å². The van der Waals surface area contributed by atoms with Gasteiger partial charge in [-0.05, 0) is 17.7 Å². The number of hydrogen-bond donors (Lipinski definition) is 0. The van der Waals surface area contributed by atoms with Crippen molar-refractivity contribution in [3.8, 4) is 0 Å². The van der Waals surface area contributed by atoms with Gasteiger partial charge in [0.05, 0.1) is 0 Å². The van der Waals surface area contributed by atoms with Crippen LogP contribution < -0.4 is 0 Å². The molecule has 22 heavy (non-hydrogen) atoms. The number of halogens is 2. The first kappa shape index (κ1) is 19.9. The second-order valence-electron chi connectivity index (χ2n) is 4.19. The van der Waals surface area contributed by atoms with Gasteiger partial charge in [0, 0.05) is 38.4 Å². The fourth-order valence-corrected chi connectivity index (χ4v) is 1.63. The standard InChI is InChI=1S/C11H12N2.C5H5N.2HI.Pt/c1-12-7-8-13(10-12)9-11-5-3-2-4-6-11;1-2-4-6-5-3-1;;;/h2-8H,9H2,1H3;1-5H;2*1H;/q;;;;+2/p-2. The summed E-state index contributed by atoms with van der Waals surface area (Å²) in [7, 11) is 1.97. The Kier molecular flexibility index (Phi) is 12.0. The van der Waals surface area contributed by atoms with Gasteiger partial charge in [0.2, 0.25) is 6.67 Å². The quantitative estimate of drug-likeness (QED) is 0.422. The zero-order chi connectivity index (χ0) is 16.0. The zero-order valence-corrected chi connectivity index (χ0v) is 18.6. The summed E-state index contributed by atoms with van der Waals surface area (Å²) in [5.41, 5.74) is 1.30. The molecular weight excluding hydrogens is 683 g/mol. The first-order valence-corrected chi connectivity index (χ1v) is 19.3. The Bertz CT molecular complexity index is 485. The van der Waals surface area contributed by atoms with Crippen molar-refractivity contribution in [3.05, 3.63) is 85.6 Å². The first-order chi connectivity index (χ1) is 10.8. The maximum absolute atomic E-state index is 3.78. The fourth-order valence-electron chi connectivity index (χ4n) is 1.63. The minimum Gasteiger partial charge on any atom is -0.265 e. The van der Waals surface area contributed by atoms with Crippen molar-refractivity contribution < 1.29 is 11.2 Å². The monoisotopic (exact) mass is 700 g/mol. The third-order valence-electron chi connectivity index (χ3n) is 2.52. The average molecular weight is 700 g/mol. The molecule has 0 bridgehead atoms. The Morgan fingerprint density at radius 2 is 1.59 bits per heavy atom. The Balaban J connectivity index is 0.000000224. The van der Waals surface area contributed by atoms with E-state index in [0.29, 0.717) is 11.2 Å². The second kappa shape index (κ2) is 13.3. The van der Waals surface area contributed by atoms with Gasteiger partial charge in [0.15, 0.2) is 0 Å². The maximum atomic E-state index is 3.78. The molecule has 2 radical (unpaired) electrons. The van der Waals surface area contributed by atoms with E-state index in [1.54, 1.807) is 12.4 Å². The van der Waals surface area contributed by atoms with Crippen LogP contribution in [0.5, 0.6) is 0 Å². The van der Waals surface area contributed by atoms with E-state index in [2.05, 4.69) is 74.6 Å². The van der Waals surface area contributed by atoms with Crippen molar-refractivity contribution >= 4 is 38.7 Å². The number of rotatable bonds is 2. The summed E-state index contributed by atoms with van der Waals surface area (Å²) >= 11 is 5.30. The van der Waals surface area contributed by atoms with E-state index >= 15 is 0 Å². The molecule has 3 nitrogen and oxygen atoms in total. The molecule has 1 aromatic heterocycles. The SMILES string of the molecule is CN1[C]N(Cc2ccccc2)C=C1.[I][Pt][I].c1ccncc1. The van der Waals surface area contributed by atoms with Gasteiger partial charge in [-0.25, -0.2) is 0 Å². The molecule has 0 saturated carbocycles. The van der Waals surface area contributed by atoms with Crippen molar-refractivity contribution in [2.75, 3.05) is 7.05 Å². The van der Waals surface area contributed by atoms with Crippen LogP contribution >= 0.6 is 38.7 Å². The van der Waals surface area contributed by atoms with E-state index in [-0.39, 0.29) is 0 Å². The summed E-state index contributed by atoms with van der Waals surface area (Å²) in [6.45, 7) is 4.05. The predicted octanol–water partition coefficient (Wildman–Crippen LogP) is 4.75. The van der Waals surface area contributed by atoms with Crippen LogP contribution in [0.25, 0.3) is 0 Å². The summed E-state index contributed by atoms with van der Waals surface area (Å²) in [6.07, 6.45) is 7.51. The summed E-state index contributed by atoms with van der Waals surface area (Å²) < 4.78 is 0.